The minimum absolute atomic E-state index is 0.00376. The lowest BCUT2D eigenvalue weighted by molar-refractivity contribution is -0.385. The number of hydrogen-bond donors (Lipinski definition) is 0. The van der Waals surface area contributed by atoms with Crippen LogP contribution in [0.25, 0.3) is 0 Å². The average Bonchev–Trinajstić information content (AvgIpc) is 2.46. The van der Waals surface area contributed by atoms with Gasteiger partial charge in [0.05, 0.1) is 4.92 Å². The highest BCUT2D eigenvalue weighted by Gasteiger charge is 2.17. The molecule has 0 aliphatic heterocycles. The summed E-state index contributed by atoms with van der Waals surface area (Å²) in [6.07, 6.45) is 0. The number of benzene rings is 2. The number of nitro benzene ring substituents is 1. The van der Waals surface area contributed by atoms with Crippen LogP contribution in [-0.2, 0) is 6.61 Å². The highest BCUT2D eigenvalue weighted by molar-refractivity contribution is 5.53. The van der Waals surface area contributed by atoms with Crippen LogP contribution >= 0.6 is 0 Å². The van der Waals surface area contributed by atoms with Crippen LogP contribution in [0, 0.1) is 27.3 Å². The van der Waals surface area contributed by atoms with E-state index in [-0.39, 0.29) is 23.7 Å². The molecule has 100 valence electrons. The van der Waals surface area contributed by atoms with E-state index in [0.29, 0.717) is 11.3 Å². The maximum Gasteiger partial charge on any atom is 0.287 e. The van der Waals surface area contributed by atoms with Gasteiger partial charge in [-0.3, -0.25) is 10.1 Å². The first-order valence-corrected chi connectivity index (χ1v) is 5.66. The van der Waals surface area contributed by atoms with E-state index in [1.54, 1.807) is 6.07 Å². The van der Waals surface area contributed by atoms with Gasteiger partial charge in [-0.15, -0.1) is 0 Å². The van der Waals surface area contributed by atoms with E-state index in [2.05, 4.69) is 0 Å². The molecule has 0 aromatic heterocycles. The van der Waals surface area contributed by atoms with Crippen LogP contribution in [0.2, 0.25) is 0 Å². The summed E-state index contributed by atoms with van der Waals surface area (Å²) in [6, 6.07) is 11.5. The fourth-order valence-electron chi connectivity index (χ4n) is 1.68. The summed E-state index contributed by atoms with van der Waals surface area (Å²) in [5.74, 6) is 0.0345. The van der Waals surface area contributed by atoms with Crippen LogP contribution in [0.15, 0.2) is 42.5 Å². The number of halogens is 1. The lowest BCUT2D eigenvalue weighted by Gasteiger charge is -2.07. The van der Waals surface area contributed by atoms with Crippen molar-refractivity contribution >= 4 is 5.69 Å². The molecule has 0 atom stereocenters. The third-order valence-electron chi connectivity index (χ3n) is 2.65. The number of hydrogen-bond acceptors (Lipinski definition) is 4. The first-order valence-electron chi connectivity index (χ1n) is 5.66. The minimum Gasteiger partial charge on any atom is -0.489 e. The van der Waals surface area contributed by atoms with E-state index in [1.165, 1.54) is 36.4 Å². The SMILES string of the molecule is N#Cc1c(COc2ccc(F)cc2)cccc1[N+](=O)[O-]. The van der Waals surface area contributed by atoms with Gasteiger partial charge < -0.3 is 4.74 Å². The Balaban J connectivity index is 2.22. The molecule has 0 amide bonds. The largest absolute Gasteiger partial charge is 0.489 e. The van der Waals surface area contributed by atoms with E-state index in [1.807, 2.05) is 6.07 Å². The number of nitrogens with zero attached hydrogens (tertiary/aromatic N) is 2. The van der Waals surface area contributed by atoms with Crippen molar-refractivity contribution in [2.75, 3.05) is 0 Å². The second kappa shape index (κ2) is 5.80. The maximum atomic E-state index is 12.7. The number of nitro groups is 1. The second-order valence-electron chi connectivity index (χ2n) is 3.92. The van der Waals surface area contributed by atoms with Crippen molar-refractivity contribution in [2.45, 2.75) is 6.61 Å². The zero-order chi connectivity index (χ0) is 14.5. The molecule has 6 heteroatoms. The Morgan fingerprint density at radius 3 is 2.55 bits per heavy atom. The van der Waals surface area contributed by atoms with Crippen LogP contribution in [0.5, 0.6) is 5.75 Å². The summed E-state index contributed by atoms with van der Waals surface area (Å²) in [7, 11) is 0. The molecular weight excluding hydrogens is 263 g/mol. The molecule has 0 fully saturated rings. The van der Waals surface area contributed by atoms with Gasteiger partial charge in [0.25, 0.3) is 5.69 Å². The fraction of sp³-hybridized carbons (Fsp3) is 0.0714. The Kier molecular flexibility index (Phi) is 3.91. The van der Waals surface area contributed by atoms with Crippen molar-refractivity contribution in [2.24, 2.45) is 0 Å². The molecule has 20 heavy (non-hydrogen) atoms. The first kappa shape index (κ1) is 13.5. The third kappa shape index (κ3) is 2.90. The number of rotatable bonds is 4. The lowest BCUT2D eigenvalue weighted by atomic mass is 10.1. The molecule has 2 aromatic rings. The first-order chi connectivity index (χ1) is 9.61. The minimum atomic E-state index is -0.611. The molecule has 2 rings (SSSR count). The highest BCUT2D eigenvalue weighted by Crippen LogP contribution is 2.23. The topological polar surface area (TPSA) is 76.2 Å². The van der Waals surface area contributed by atoms with Crippen LogP contribution in [0.3, 0.4) is 0 Å². The monoisotopic (exact) mass is 272 g/mol. The Hall–Kier alpha value is -2.94. The van der Waals surface area contributed by atoms with Crippen LogP contribution in [0.4, 0.5) is 10.1 Å². The number of nitriles is 1. The van der Waals surface area contributed by atoms with E-state index in [4.69, 9.17) is 10.00 Å². The number of ether oxygens (including phenoxy) is 1. The molecule has 0 unspecified atom stereocenters. The van der Waals surface area contributed by atoms with Crippen molar-refractivity contribution in [3.63, 3.8) is 0 Å². The van der Waals surface area contributed by atoms with E-state index >= 15 is 0 Å². The van der Waals surface area contributed by atoms with Crippen molar-refractivity contribution < 1.29 is 14.1 Å². The van der Waals surface area contributed by atoms with Crippen LogP contribution in [0.1, 0.15) is 11.1 Å². The van der Waals surface area contributed by atoms with Gasteiger partial charge in [-0.25, -0.2) is 4.39 Å². The molecule has 0 aliphatic carbocycles. The van der Waals surface area contributed by atoms with Gasteiger partial charge in [-0.2, -0.15) is 5.26 Å². The molecule has 0 N–H and O–H groups in total. The quantitative estimate of drug-likeness (QED) is 0.632. The Labute approximate surface area is 114 Å². The molecule has 0 spiro atoms. The fourth-order valence-corrected chi connectivity index (χ4v) is 1.68. The van der Waals surface area contributed by atoms with Crippen LogP contribution < -0.4 is 4.74 Å². The zero-order valence-corrected chi connectivity index (χ0v) is 10.2. The van der Waals surface area contributed by atoms with E-state index < -0.39 is 4.92 Å². The van der Waals surface area contributed by atoms with E-state index in [0.717, 1.165) is 0 Å². The second-order valence-corrected chi connectivity index (χ2v) is 3.92. The molecule has 0 saturated carbocycles. The van der Waals surface area contributed by atoms with E-state index in [9.17, 15) is 14.5 Å². The molecule has 0 heterocycles. The molecule has 0 radical (unpaired) electrons. The summed E-state index contributed by atoms with van der Waals surface area (Å²) in [4.78, 5) is 10.2. The summed E-state index contributed by atoms with van der Waals surface area (Å²) < 4.78 is 18.1. The van der Waals surface area contributed by atoms with Crippen molar-refractivity contribution in [3.05, 3.63) is 69.5 Å². The standard InChI is InChI=1S/C14H9FN2O3/c15-11-4-6-12(7-5-11)20-9-10-2-1-3-14(17(18)19)13(10)8-16/h1-7H,9H2. The summed E-state index contributed by atoms with van der Waals surface area (Å²) >= 11 is 0. The zero-order valence-electron chi connectivity index (χ0n) is 10.2. The van der Waals surface area contributed by atoms with Crippen molar-refractivity contribution in [1.29, 1.82) is 5.26 Å². The highest BCUT2D eigenvalue weighted by atomic mass is 19.1. The molecule has 0 bridgehead atoms. The Morgan fingerprint density at radius 2 is 1.95 bits per heavy atom. The third-order valence-corrected chi connectivity index (χ3v) is 2.65. The molecular formula is C14H9FN2O3. The van der Waals surface area contributed by atoms with Gasteiger partial charge in [0.15, 0.2) is 0 Å². The van der Waals surface area contributed by atoms with Gasteiger partial charge >= 0.3 is 0 Å². The van der Waals surface area contributed by atoms with Crippen LogP contribution in [-0.4, -0.2) is 4.92 Å². The van der Waals surface area contributed by atoms with Crippen molar-refractivity contribution in [3.8, 4) is 11.8 Å². The average molecular weight is 272 g/mol. The van der Waals surface area contributed by atoms with Gasteiger partial charge in [0, 0.05) is 11.6 Å². The molecule has 0 saturated heterocycles. The summed E-state index contributed by atoms with van der Waals surface area (Å²) in [5, 5.41) is 19.8. The maximum absolute atomic E-state index is 12.7. The molecule has 5 nitrogen and oxygen atoms in total. The Morgan fingerprint density at radius 1 is 1.25 bits per heavy atom. The predicted octanol–water partition coefficient (Wildman–Crippen LogP) is 3.18. The summed E-state index contributed by atoms with van der Waals surface area (Å²) in [6.45, 7) is -0.00376. The van der Waals surface area contributed by atoms with Gasteiger partial charge in [-0.05, 0) is 24.3 Å². The summed E-state index contributed by atoms with van der Waals surface area (Å²) in [5.41, 5.74) is 0.123. The van der Waals surface area contributed by atoms with Gasteiger partial charge in [0.1, 0.15) is 29.8 Å². The smallest absolute Gasteiger partial charge is 0.287 e. The molecule has 2 aromatic carbocycles. The van der Waals surface area contributed by atoms with Gasteiger partial charge in [0.2, 0.25) is 0 Å². The lowest BCUT2D eigenvalue weighted by Crippen LogP contribution is -2.01. The van der Waals surface area contributed by atoms with Gasteiger partial charge in [-0.1, -0.05) is 12.1 Å². The van der Waals surface area contributed by atoms with Crippen molar-refractivity contribution in [1.82, 2.24) is 0 Å². The predicted molar refractivity (Wildman–Crippen MR) is 68.5 cm³/mol. The Bertz CT molecular complexity index is 678. The normalized spacial score (nSPS) is 9.80. The molecule has 0 aliphatic rings.